The van der Waals surface area contributed by atoms with Gasteiger partial charge in [-0.05, 0) is 30.5 Å². The summed E-state index contributed by atoms with van der Waals surface area (Å²) in [5.41, 5.74) is 2.34. The highest BCUT2D eigenvalue weighted by molar-refractivity contribution is 6.31. The van der Waals surface area contributed by atoms with Crippen molar-refractivity contribution in [2.75, 3.05) is 7.05 Å². The number of carbonyl (C=O) groups is 1. The summed E-state index contributed by atoms with van der Waals surface area (Å²) in [6.45, 7) is 2.00. The second kappa shape index (κ2) is 4.34. The molecule has 2 atom stereocenters. The van der Waals surface area contributed by atoms with Crippen molar-refractivity contribution < 1.29 is 4.79 Å². The lowest BCUT2D eigenvalue weighted by molar-refractivity contribution is 0.242. The van der Waals surface area contributed by atoms with Gasteiger partial charge in [-0.2, -0.15) is 0 Å². The molecule has 4 heteroatoms. The SMILES string of the molecule is CNC(=O)N[C@@H]1C[C@H]1c1ccc(Cl)c(C)c1. The molecule has 16 heavy (non-hydrogen) atoms. The molecule has 1 saturated carbocycles. The first kappa shape index (κ1) is 11.3. The number of carbonyl (C=O) groups excluding carboxylic acids is 1. The van der Waals surface area contributed by atoms with Crippen LogP contribution in [0.15, 0.2) is 18.2 Å². The maximum Gasteiger partial charge on any atom is 0.314 e. The van der Waals surface area contributed by atoms with E-state index in [9.17, 15) is 4.79 Å². The van der Waals surface area contributed by atoms with Gasteiger partial charge in [-0.15, -0.1) is 0 Å². The van der Waals surface area contributed by atoms with Crippen LogP contribution < -0.4 is 10.6 Å². The van der Waals surface area contributed by atoms with Crippen molar-refractivity contribution in [2.45, 2.75) is 25.3 Å². The Bertz CT molecular complexity index is 419. The summed E-state index contributed by atoms with van der Waals surface area (Å²) >= 11 is 5.97. The van der Waals surface area contributed by atoms with Gasteiger partial charge in [0.15, 0.2) is 0 Å². The molecule has 0 aromatic heterocycles. The lowest BCUT2D eigenvalue weighted by Gasteiger charge is -2.05. The summed E-state index contributed by atoms with van der Waals surface area (Å²) in [4.78, 5) is 11.1. The number of nitrogens with one attached hydrogen (secondary N) is 2. The summed E-state index contributed by atoms with van der Waals surface area (Å²) in [6.07, 6.45) is 1.01. The fraction of sp³-hybridized carbons (Fsp3) is 0.417. The third-order valence-corrected chi connectivity index (χ3v) is 3.37. The van der Waals surface area contributed by atoms with Gasteiger partial charge in [0.2, 0.25) is 0 Å². The minimum absolute atomic E-state index is 0.113. The van der Waals surface area contributed by atoms with Crippen molar-refractivity contribution in [3.8, 4) is 0 Å². The summed E-state index contributed by atoms with van der Waals surface area (Å²) < 4.78 is 0. The molecular formula is C12H15ClN2O. The van der Waals surface area contributed by atoms with E-state index < -0.39 is 0 Å². The number of hydrogen-bond donors (Lipinski definition) is 2. The van der Waals surface area contributed by atoms with E-state index in [-0.39, 0.29) is 12.1 Å². The van der Waals surface area contributed by atoms with E-state index in [2.05, 4.69) is 16.7 Å². The molecule has 2 rings (SSSR count). The standard InChI is InChI=1S/C12H15ClN2O/c1-7-5-8(3-4-10(7)13)9-6-11(9)15-12(16)14-2/h3-5,9,11H,6H2,1-2H3,(H2,14,15,16)/t9-,11+/m0/s1. The summed E-state index contributed by atoms with van der Waals surface area (Å²) in [7, 11) is 1.62. The number of halogens is 1. The van der Waals surface area contributed by atoms with Crippen LogP contribution in [0.5, 0.6) is 0 Å². The van der Waals surface area contributed by atoms with E-state index in [4.69, 9.17) is 11.6 Å². The first-order chi connectivity index (χ1) is 7.61. The molecule has 1 aromatic carbocycles. The Morgan fingerprint density at radius 2 is 2.25 bits per heavy atom. The molecule has 0 saturated heterocycles. The highest BCUT2D eigenvalue weighted by Gasteiger charge is 2.39. The Labute approximate surface area is 100 Å². The molecule has 2 amide bonds. The summed E-state index contributed by atoms with van der Waals surface area (Å²) in [6, 6.07) is 6.20. The lowest BCUT2D eigenvalue weighted by atomic mass is 10.1. The Morgan fingerprint density at radius 3 is 2.88 bits per heavy atom. The number of amides is 2. The maximum absolute atomic E-state index is 11.1. The van der Waals surface area contributed by atoms with E-state index in [1.165, 1.54) is 5.56 Å². The number of aryl methyl sites for hydroxylation is 1. The molecule has 1 aromatic rings. The third kappa shape index (κ3) is 2.30. The highest BCUT2D eigenvalue weighted by Crippen LogP contribution is 2.41. The highest BCUT2D eigenvalue weighted by atomic mass is 35.5. The second-order valence-corrected chi connectivity index (χ2v) is 4.59. The quantitative estimate of drug-likeness (QED) is 0.817. The Kier molecular flexibility index (Phi) is 3.06. The van der Waals surface area contributed by atoms with Gasteiger partial charge >= 0.3 is 6.03 Å². The molecule has 1 aliphatic carbocycles. The largest absolute Gasteiger partial charge is 0.341 e. The molecule has 0 aliphatic heterocycles. The second-order valence-electron chi connectivity index (χ2n) is 4.18. The minimum Gasteiger partial charge on any atom is -0.341 e. The molecule has 0 radical (unpaired) electrons. The first-order valence-electron chi connectivity index (χ1n) is 5.36. The first-order valence-corrected chi connectivity index (χ1v) is 5.74. The summed E-state index contributed by atoms with van der Waals surface area (Å²) in [5.74, 6) is 0.438. The third-order valence-electron chi connectivity index (χ3n) is 2.94. The molecule has 0 unspecified atom stereocenters. The molecule has 0 spiro atoms. The van der Waals surface area contributed by atoms with Crippen molar-refractivity contribution in [1.29, 1.82) is 0 Å². The minimum atomic E-state index is -0.113. The fourth-order valence-electron chi connectivity index (χ4n) is 1.86. The van der Waals surface area contributed by atoms with Crippen LogP contribution in [0.25, 0.3) is 0 Å². The number of benzene rings is 1. The zero-order valence-electron chi connectivity index (χ0n) is 9.38. The van der Waals surface area contributed by atoms with Crippen molar-refractivity contribution >= 4 is 17.6 Å². The van der Waals surface area contributed by atoms with E-state index >= 15 is 0 Å². The van der Waals surface area contributed by atoms with Gasteiger partial charge in [0.05, 0.1) is 0 Å². The van der Waals surface area contributed by atoms with Crippen LogP contribution in [-0.4, -0.2) is 19.1 Å². The predicted molar refractivity (Wildman–Crippen MR) is 64.9 cm³/mol. The predicted octanol–water partition coefficient (Wildman–Crippen LogP) is 2.43. The van der Waals surface area contributed by atoms with Crippen molar-refractivity contribution in [3.05, 3.63) is 34.3 Å². The Balaban J connectivity index is 2.00. The van der Waals surface area contributed by atoms with Crippen LogP contribution >= 0.6 is 11.6 Å². The monoisotopic (exact) mass is 238 g/mol. The van der Waals surface area contributed by atoms with Crippen molar-refractivity contribution in [2.24, 2.45) is 0 Å². The zero-order chi connectivity index (χ0) is 11.7. The van der Waals surface area contributed by atoms with Gasteiger partial charge in [-0.3, -0.25) is 0 Å². The smallest absolute Gasteiger partial charge is 0.314 e. The number of urea groups is 1. The average molecular weight is 239 g/mol. The fourth-order valence-corrected chi connectivity index (χ4v) is 1.98. The van der Waals surface area contributed by atoms with Crippen LogP contribution in [0.3, 0.4) is 0 Å². The molecule has 86 valence electrons. The molecule has 2 N–H and O–H groups in total. The van der Waals surface area contributed by atoms with E-state index in [0.717, 1.165) is 17.0 Å². The molecule has 3 nitrogen and oxygen atoms in total. The topological polar surface area (TPSA) is 41.1 Å². The molecule has 0 bridgehead atoms. The van der Waals surface area contributed by atoms with Gasteiger partial charge < -0.3 is 10.6 Å². The Morgan fingerprint density at radius 1 is 1.50 bits per heavy atom. The van der Waals surface area contributed by atoms with Gasteiger partial charge in [0.25, 0.3) is 0 Å². The lowest BCUT2D eigenvalue weighted by Crippen LogP contribution is -2.34. The average Bonchev–Trinajstić information content (AvgIpc) is 3.01. The van der Waals surface area contributed by atoms with Gasteiger partial charge in [-0.1, -0.05) is 23.7 Å². The maximum atomic E-state index is 11.1. The van der Waals surface area contributed by atoms with Crippen LogP contribution in [0.2, 0.25) is 5.02 Å². The van der Waals surface area contributed by atoms with E-state index in [0.29, 0.717) is 5.92 Å². The summed E-state index contributed by atoms with van der Waals surface area (Å²) in [5, 5.41) is 6.25. The van der Waals surface area contributed by atoms with Gasteiger partial charge in [0, 0.05) is 24.0 Å². The molecule has 0 heterocycles. The normalized spacial score (nSPS) is 22.7. The van der Waals surface area contributed by atoms with Gasteiger partial charge in [-0.25, -0.2) is 4.79 Å². The van der Waals surface area contributed by atoms with Crippen LogP contribution in [0.1, 0.15) is 23.5 Å². The molecular weight excluding hydrogens is 224 g/mol. The molecule has 1 aliphatic rings. The van der Waals surface area contributed by atoms with E-state index in [1.807, 2.05) is 19.1 Å². The van der Waals surface area contributed by atoms with Crippen molar-refractivity contribution in [1.82, 2.24) is 10.6 Å². The van der Waals surface area contributed by atoms with E-state index in [1.54, 1.807) is 7.05 Å². The molecule has 1 fully saturated rings. The number of rotatable bonds is 2. The van der Waals surface area contributed by atoms with Crippen LogP contribution in [0, 0.1) is 6.92 Å². The van der Waals surface area contributed by atoms with Crippen molar-refractivity contribution in [3.63, 3.8) is 0 Å². The number of hydrogen-bond acceptors (Lipinski definition) is 1. The van der Waals surface area contributed by atoms with Crippen LogP contribution in [-0.2, 0) is 0 Å². The zero-order valence-corrected chi connectivity index (χ0v) is 10.1. The van der Waals surface area contributed by atoms with Crippen LogP contribution in [0.4, 0.5) is 4.79 Å². The Hall–Kier alpha value is -1.22. The van der Waals surface area contributed by atoms with Gasteiger partial charge in [0.1, 0.15) is 0 Å².